The highest BCUT2D eigenvalue weighted by atomic mass is 31.1. The predicted octanol–water partition coefficient (Wildman–Crippen LogP) is 8.54. The number of allylic oxidation sites excluding steroid dienone is 3. The van der Waals surface area contributed by atoms with E-state index < -0.39 is 86.5 Å². The molecule has 18 heteroatoms. The maximum atomic E-state index is 14.4. The molecular weight excluding hydrogens is 886 g/mol. The lowest BCUT2D eigenvalue weighted by Gasteiger charge is -2.37. The number of aliphatic carboxylic acids is 1. The molecule has 0 radical (unpaired) electrons. The number of carbonyl (C=O) groups excluding carboxylic acids is 4. The second-order valence-corrected chi connectivity index (χ2v) is 20.6. The van der Waals surface area contributed by atoms with E-state index in [9.17, 15) is 58.8 Å². The second kappa shape index (κ2) is 22.9. The summed E-state index contributed by atoms with van der Waals surface area (Å²) >= 11 is 0. The Labute approximate surface area is 386 Å². The van der Waals surface area contributed by atoms with Gasteiger partial charge < -0.3 is 25.2 Å². The maximum Gasteiger partial charge on any atom is 0.336 e. The molecule has 0 bridgehead atoms. The number of nitrogens with zero attached hydrogens (tertiary/aromatic N) is 4. The zero-order valence-electron chi connectivity index (χ0n) is 37.5. The van der Waals surface area contributed by atoms with Gasteiger partial charge in [0.05, 0.1) is 34.7 Å². The van der Waals surface area contributed by atoms with Gasteiger partial charge in [-0.15, -0.1) is 0 Å². The molecule has 0 aromatic heterocycles. The fraction of sp³-hybridized carbons (Fsp3) is 0.375. The third-order valence-electron chi connectivity index (χ3n) is 11.9. The van der Waals surface area contributed by atoms with Crippen molar-refractivity contribution in [1.29, 1.82) is 0 Å². The number of carboxylic acid groups (broad SMARTS) is 4. The first-order valence-electron chi connectivity index (χ1n) is 21.8. The van der Waals surface area contributed by atoms with Crippen LogP contribution in [0, 0.1) is 5.92 Å². The molecular formula is C48H56N4O12P2. The topological polar surface area (TPSA) is 230 Å². The Bertz CT molecular complexity index is 2320. The average molecular weight is 943 g/mol. The molecule has 3 fully saturated rings. The number of hydrogen-bond donors (Lipinski definition) is 4. The number of aromatic carboxylic acids is 3. The van der Waals surface area contributed by atoms with Gasteiger partial charge in [0, 0.05) is 38.6 Å². The summed E-state index contributed by atoms with van der Waals surface area (Å²) in [4.78, 5) is 106. The van der Waals surface area contributed by atoms with E-state index in [2.05, 4.69) is 0 Å². The lowest BCUT2D eigenvalue weighted by molar-refractivity contribution is -0.171. The largest absolute Gasteiger partial charge is 0.481 e. The summed E-state index contributed by atoms with van der Waals surface area (Å²) < 4.78 is 0. The van der Waals surface area contributed by atoms with Gasteiger partial charge in [0.1, 0.15) is 17.9 Å². The van der Waals surface area contributed by atoms with E-state index in [0.717, 1.165) is 0 Å². The summed E-state index contributed by atoms with van der Waals surface area (Å²) in [6.45, 7) is 7.66. The molecule has 4 N–H and O–H groups in total. The normalized spacial score (nSPS) is 22.4. The number of hydrazine groups is 2. The molecule has 350 valence electrons. The van der Waals surface area contributed by atoms with E-state index >= 15 is 0 Å². The van der Waals surface area contributed by atoms with Crippen molar-refractivity contribution in [2.75, 3.05) is 19.4 Å². The van der Waals surface area contributed by atoms with Gasteiger partial charge >= 0.3 is 23.9 Å². The first-order valence-corrected chi connectivity index (χ1v) is 25.1. The Balaban J connectivity index is 0.00000403. The van der Waals surface area contributed by atoms with Crippen LogP contribution in [-0.2, 0) is 24.0 Å². The number of aldehydes is 1. The molecule has 6 atom stereocenters. The number of amides is 3. The van der Waals surface area contributed by atoms with Crippen LogP contribution < -0.4 is 0 Å². The Morgan fingerprint density at radius 1 is 0.712 bits per heavy atom. The number of carboxylic acids is 4. The summed E-state index contributed by atoms with van der Waals surface area (Å²) in [6, 6.07) is 18.8. The van der Waals surface area contributed by atoms with E-state index in [0.29, 0.717) is 23.8 Å². The first kappa shape index (κ1) is 50.9. The molecule has 3 aromatic carbocycles. The van der Waals surface area contributed by atoms with Crippen LogP contribution in [0.3, 0.4) is 0 Å². The van der Waals surface area contributed by atoms with Gasteiger partial charge in [-0.25, -0.2) is 29.4 Å². The highest BCUT2D eigenvalue weighted by molar-refractivity contribution is 7.63. The Morgan fingerprint density at radius 3 is 1.58 bits per heavy atom. The average Bonchev–Trinajstić information content (AvgIpc) is 3.80. The highest BCUT2D eigenvalue weighted by Crippen LogP contribution is 2.74. The molecule has 6 rings (SSSR count). The number of carbonyl (C=O) groups is 8. The zero-order valence-corrected chi connectivity index (χ0v) is 39.3. The Kier molecular flexibility index (Phi) is 17.7. The minimum absolute atomic E-state index is 0.0256. The van der Waals surface area contributed by atoms with Gasteiger partial charge in [-0.2, -0.15) is 0 Å². The fourth-order valence-corrected chi connectivity index (χ4v) is 17.2. The molecule has 3 heterocycles. The van der Waals surface area contributed by atoms with Crippen LogP contribution in [0.1, 0.15) is 131 Å². The molecule has 6 unspecified atom stereocenters. The van der Waals surface area contributed by atoms with Crippen LogP contribution in [0.15, 0.2) is 96.6 Å². The van der Waals surface area contributed by atoms with E-state index in [1.807, 2.05) is 39.8 Å². The van der Waals surface area contributed by atoms with E-state index in [1.54, 1.807) is 72.7 Å². The Hall–Kier alpha value is -6.08. The van der Waals surface area contributed by atoms with Crippen LogP contribution in [0.5, 0.6) is 0 Å². The molecule has 3 aliphatic rings. The minimum atomic E-state index is -1.87. The first-order chi connectivity index (χ1) is 31.6. The molecule has 0 aliphatic carbocycles. The Morgan fingerprint density at radius 2 is 1.15 bits per heavy atom. The van der Waals surface area contributed by atoms with Crippen molar-refractivity contribution in [3.63, 3.8) is 0 Å². The van der Waals surface area contributed by atoms with Gasteiger partial charge in [0.25, 0.3) is 0 Å². The van der Waals surface area contributed by atoms with Gasteiger partial charge in [-0.05, 0) is 68.5 Å². The maximum absolute atomic E-state index is 14.4. The smallest absolute Gasteiger partial charge is 0.336 e. The summed E-state index contributed by atoms with van der Waals surface area (Å²) in [5, 5.41) is 47.5. The van der Waals surface area contributed by atoms with Crippen molar-refractivity contribution in [1.82, 2.24) is 20.0 Å². The molecule has 3 amide bonds. The van der Waals surface area contributed by atoms with Crippen molar-refractivity contribution < 1.29 is 58.8 Å². The lowest BCUT2D eigenvalue weighted by atomic mass is 9.96. The second-order valence-electron chi connectivity index (χ2n) is 15.6. The van der Waals surface area contributed by atoms with Crippen molar-refractivity contribution in [2.24, 2.45) is 5.92 Å². The zero-order chi connectivity index (χ0) is 48.4. The fourth-order valence-electron chi connectivity index (χ4n) is 9.15. The van der Waals surface area contributed by atoms with Crippen LogP contribution in [0.25, 0.3) is 0 Å². The monoisotopic (exact) mass is 942 g/mol. The standard InChI is InChI=1S/C46H50N4O12P2.C2H6/c1-4-5-6-14-29(27-39(55)56)28(2)40-48(36(52)21-13-24-51)47(3)41(30-15-7-10-18-33(30)44(57)58)63(40)25-26-64-42(31-16-8-11-19-34(31)45(59)60)49-37(53)22-23-38(54)50(49)43(64)32-17-9-12-20-35(32)46(61)62;1-2/h4-5,7-12,14-20,24,28,40-43H,6,13,21-23,25-27H2,1-3H3,(H,55,56)(H,57,58)(H,59,60)(H,61,62);1-2H3/b5-4-,29-14-;. The van der Waals surface area contributed by atoms with Gasteiger partial charge in [-0.3, -0.25) is 24.2 Å². The van der Waals surface area contributed by atoms with Gasteiger partial charge in [0.15, 0.2) is 0 Å². The van der Waals surface area contributed by atoms with E-state index in [1.165, 1.54) is 33.2 Å². The molecule has 3 aliphatic heterocycles. The molecule has 3 saturated heterocycles. The number of fused-ring (bicyclic) bond motifs is 1. The molecule has 66 heavy (non-hydrogen) atoms. The molecule has 3 aromatic rings. The molecule has 16 nitrogen and oxygen atoms in total. The van der Waals surface area contributed by atoms with Crippen molar-refractivity contribution in [2.45, 2.75) is 89.4 Å². The number of hydrogen-bond acceptors (Lipinski definition) is 9. The van der Waals surface area contributed by atoms with Crippen molar-refractivity contribution in [3.05, 3.63) is 130 Å². The van der Waals surface area contributed by atoms with E-state index in [4.69, 9.17) is 0 Å². The van der Waals surface area contributed by atoms with Crippen LogP contribution >= 0.6 is 15.8 Å². The molecule has 0 saturated carbocycles. The third kappa shape index (κ3) is 10.5. The summed E-state index contributed by atoms with van der Waals surface area (Å²) in [5.74, 6) is -10.5. The van der Waals surface area contributed by atoms with Crippen molar-refractivity contribution >= 4 is 63.7 Å². The van der Waals surface area contributed by atoms with Crippen LogP contribution in [0.4, 0.5) is 0 Å². The number of benzene rings is 3. The minimum Gasteiger partial charge on any atom is -0.481 e. The third-order valence-corrected chi connectivity index (χ3v) is 18.6. The summed E-state index contributed by atoms with van der Waals surface area (Å²) in [5.41, 5.74) is 1.16. The highest BCUT2D eigenvalue weighted by Gasteiger charge is 2.57. The lowest BCUT2D eigenvalue weighted by Crippen LogP contribution is -2.50. The predicted molar refractivity (Wildman–Crippen MR) is 249 cm³/mol. The van der Waals surface area contributed by atoms with Gasteiger partial charge in [-0.1, -0.05) is 107 Å². The van der Waals surface area contributed by atoms with Crippen LogP contribution in [-0.4, -0.2) is 114 Å². The van der Waals surface area contributed by atoms with Gasteiger partial charge in [0.2, 0.25) is 17.7 Å². The summed E-state index contributed by atoms with van der Waals surface area (Å²) in [6.07, 6.45) is 5.88. The number of rotatable bonds is 18. The SMILES string of the molecule is C/C=C\C/C=C(/CC(=O)O)C(C)C1N(C(=O)CCC=O)N(C)C(c2ccccc2C(=O)O)P1CCP1C(c2ccccc2C(=O)O)N2C(=O)CCC(=O)N2C1c1ccccc1C(=O)O.CC. The quantitative estimate of drug-likeness (QED) is 0.0533. The van der Waals surface area contributed by atoms with Crippen molar-refractivity contribution in [3.8, 4) is 0 Å². The van der Waals surface area contributed by atoms with Crippen LogP contribution in [0.2, 0.25) is 0 Å². The molecule has 0 spiro atoms. The summed E-state index contributed by atoms with van der Waals surface area (Å²) in [7, 11) is -1.91. The van der Waals surface area contributed by atoms with E-state index in [-0.39, 0.29) is 72.2 Å².